The molecule has 2 rings (SSSR count). The largest absolute Gasteiger partial charge is 0.370 e. The van der Waals surface area contributed by atoms with Crippen LogP contribution in [0.1, 0.15) is 28.9 Å². The third-order valence-electron chi connectivity index (χ3n) is 3.41. The Bertz CT molecular complexity index is 649. The van der Waals surface area contributed by atoms with Crippen LogP contribution in [0.25, 0.3) is 0 Å². The van der Waals surface area contributed by atoms with Crippen molar-refractivity contribution in [3.63, 3.8) is 0 Å². The van der Waals surface area contributed by atoms with E-state index in [9.17, 15) is 0 Å². The molecule has 2 aromatic rings. The first-order chi connectivity index (χ1) is 10.4. The van der Waals surface area contributed by atoms with Crippen LogP contribution in [0.15, 0.2) is 29.3 Å². The van der Waals surface area contributed by atoms with E-state index >= 15 is 0 Å². The molecule has 0 aliphatic carbocycles. The first-order valence-corrected chi connectivity index (χ1v) is 7.60. The molecule has 0 radical (unpaired) electrons. The minimum absolute atomic E-state index is 0.457. The summed E-state index contributed by atoms with van der Waals surface area (Å²) in [5, 5.41) is 7.58. The lowest BCUT2D eigenvalue weighted by Crippen LogP contribution is -2.23. The molecular weight excluding hydrogens is 274 g/mol. The Kier molecular flexibility index (Phi) is 5.20. The van der Waals surface area contributed by atoms with Gasteiger partial charge in [0, 0.05) is 24.5 Å². The second-order valence-corrected chi connectivity index (χ2v) is 5.77. The molecule has 0 saturated heterocycles. The molecule has 0 amide bonds. The van der Waals surface area contributed by atoms with Gasteiger partial charge in [0.2, 0.25) is 0 Å². The Morgan fingerprint density at radius 1 is 1.14 bits per heavy atom. The molecule has 1 aromatic carbocycles. The highest BCUT2D eigenvalue weighted by atomic mass is 15.3. The zero-order chi connectivity index (χ0) is 16.1. The number of nitrogens with zero attached hydrogens (tertiary/aromatic N) is 3. The summed E-state index contributed by atoms with van der Waals surface area (Å²) in [6, 6.07) is 8.34. The van der Waals surface area contributed by atoms with Crippen molar-refractivity contribution >= 4 is 11.6 Å². The maximum atomic E-state index is 5.94. The number of aromatic nitrogens is 2. The van der Waals surface area contributed by atoms with Gasteiger partial charge in [-0.2, -0.15) is 5.10 Å². The van der Waals surface area contributed by atoms with Crippen molar-refractivity contribution in [2.75, 3.05) is 11.9 Å². The minimum Gasteiger partial charge on any atom is -0.370 e. The molecule has 3 N–H and O–H groups in total. The van der Waals surface area contributed by atoms with Crippen LogP contribution in [-0.2, 0) is 6.54 Å². The van der Waals surface area contributed by atoms with Crippen LogP contribution in [0.4, 0.5) is 5.69 Å². The Morgan fingerprint density at radius 3 is 2.41 bits per heavy atom. The molecule has 0 aliphatic rings. The first-order valence-electron chi connectivity index (χ1n) is 7.60. The summed E-state index contributed by atoms with van der Waals surface area (Å²) in [6.07, 6.45) is 0.914. The second-order valence-electron chi connectivity index (χ2n) is 5.77. The molecule has 0 fully saturated rings. The van der Waals surface area contributed by atoms with Crippen molar-refractivity contribution in [3.8, 4) is 0 Å². The lowest BCUT2D eigenvalue weighted by Gasteiger charge is -2.08. The molecule has 0 unspecified atom stereocenters. The summed E-state index contributed by atoms with van der Waals surface area (Å²) in [5.74, 6) is 0.457. The average Bonchev–Trinajstić information content (AvgIpc) is 2.72. The lowest BCUT2D eigenvalue weighted by atomic mass is 10.1. The van der Waals surface area contributed by atoms with E-state index in [0.29, 0.717) is 12.5 Å². The molecule has 0 aliphatic heterocycles. The maximum Gasteiger partial charge on any atom is 0.193 e. The lowest BCUT2D eigenvalue weighted by molar-refractivity contribution is 0.568. The standard InChI is InChI=1S/C17H25N5/c1-12-8-13(2)10-16(9-12)20-17(18)19-6-5-7-22-15(4)11-14(3)21-22/h8-11H,5-7H2,1-4H3,(H3,18,19,20). The number of nitrogens with two attached hydrogens (primary N) is 1. The predicted octanol–water partition coefficient (Wildman–Crippen LogP) is 2.93. The molecule has 0 saturated carbocycles. The summed E-state index contributed by atoms with van der Waals surface area (Å²) in [5.41, 5.74) is 11.6. The molecule has 0 spiro atoms. The molecule has 5 heteroatoms. The molecule has 118 valence electrons. The molecule has 0 bridgehead atoms. The van der Waals surface area contributed by atoms with Crippen LogP contribution in [-0.4, -0.2) is 22.3 Å². The average molecular weight is 299 g/mol. The van der Waals surface area contributed by atoms with Crippen molar-refractivity contribution in [1.29, 1.82) is 0 Å². The third kappa shape index (κ3) is 4.62. The van der Waals surface area contributed by atoms with E-state index in [2.05, 4.69) is 60.4 Å². The zero-order valence-corrected chi connectivity index (χ0v) is 13.8. The fourth-order valence-electron chi connectivity index (χ4n) is 2.56. The molecule has 5 nitrogen and oxygen atoms in total. The van der Waals surface area contributed by atoms with Gasteiger partial charge >= 0.3 is 0 Å². The third-order valence-corrected chi connectivity index (χ3v) is 3.41. The van der Waals surface area contributed by atoms with Gasteiger partial charge in [-0.15, -0.1) is 0 Å². The topological polar surface area (TPSA) is 68.2 Å². The van der Waals surface area contributed by atoms with Crippen molar-refractivity contribution in [3.05, 3.63) is 46.8 Å². The Hall–Kier alpha value is -2.30. The van der Waals surface area contributed by atoms with Gasteiger partial charge in [-0.05, 0) is 63.4 Å². The number of hydrogen-bond acceptors (Lipinski definition) is 2. The van der Waals surface area contributed by atoms with E-state index in [1.165, 1.54) is 16.8 Å². The van der Waals surface area contributed by atoms with E-state index in [-0.39, 0.29) is 0 Å². The number of nitrogens with one attached hydrogen (secondary N) is 1. The zero-order valence-electron chi connectivity index (χ0n) is 13.8. The second kappa shape index (κ2) is 7.11. The van der Waals surface area contributed by atoms with E-state index in [0.717, 1.165) is 24.3 Å². The van der Waals surface area contributed by atoms with Gasteiger partial charge in [0.1, 0.15) is 0 Å². The van der Waals surface area contributed by atoms with E-state index in [1.54, 1.807) is 0 Å². The SMILES string of the molecule is Cc1cc(C)cc(NC(N)=NCCCn2nc(C)cc2C)c1. The number of aliphatic imine (C=N–C) groups is 1. The van der Waals surface area contributed by atoms with Crippen molar-refractivity contribution in [1.82, 2.24) is 9.78 Å². The molecule has 1 heterocycles. The van der Waals surface area contributed by atoms with Crippen LogP contribution in [0.5, 0.6) is 0 Å². The van der Waals surface area contributed by atoms with Gasteiger partial charge < -0.3 is 11.1 Å². The van der Waals surface area contributed by atoms with Gasteiger partial charge in [0.25, 0.3) is 0 Å². The number of aryl methyl sites for hydroxylation is 5. The van der Waals surface area contributed by atoms with E-state index in [1.807, 2.05) is 11.6 Å². The van der Waals surface area contributed by atoms with Gasteiger partial charge in [-0.3, -0.25) is 9.67 Å². The maximum absolute atomic E-state index is 5.94. The van der Waals surface area contributed by atoms with E-state index in [4.69, 9.17) is 5.73 Å². The van der Waals surface area contributed by atoms with Crippen molar-refractivity contribution < 1.29 is 0 Å². The molecular formula is C17H25N5. The van der Waals surface area contributed by atoms with Crippen LogP contribution < -0.4 is 11.1 Å². The minimum atomic E-state index is 0.457. The summed E-state index contributed by atoms with van der Waals surface area (Å²) < 4.78 is 2.01. The number of benzene rings is 1. The summed E-state index contributed by atoms with van der Waals surface area (Å²) in [7, 11) is 0. The van der Waals surface area contributed by atoms with Gasteiger partial charge in [0.15, 0.2) is 5.96 Å². The Labute approximate surface area is 132 Å². The fourth-order valence-corrected chi connectivity index (χ4v) is 2.56. The number of rotatable bonds is 5. The van der Waals surface area contributed by atoms with Crippen LogP contribution >= 0.6 is 0 Å². The van der Waals surface area contributed by atoms with Crippen molar-refractivity contribution in [2.45, 2.75) is 40.7 Å². The fraction of sp³-hybridized carbons (Fsp3) is 0.412. The van der Waals surface area contributed by atoms with Gasteiger partial charge in [0.05, 0.1) is 5.69 Å². The van der Waals surface area contributed by atoms with Crippen LogP contribution in [0.2, 0.25) is 0 Å². The monoisotopic (exact) mass is 299 g/mol. The predicted molar refractivity (Wildman–Crippen MR) is 92.3 cm³/mol. The molecule has 0 atom stereocenters. The Balaban J connectivity index is 1.83. The normalized spacial score (nSPS) is 11.7. The highest BCUT2D eigenvalue weighted by Gasteiger charge is 2.00. The summed E-state index contributed by atoms with van der Waals surface area (Å²) in [4.78, 5) is 4.37. The van der Waals surface area contributed by atoms with Crippen molar-refractivity contribution in [2.24, 2.45) is 10.7 Å². The van der Waals surface area contributed by atoms with Crippen LogP contribution in [0.3, 0.4) is 0 Å². The Morgan fingerprint density at radius 2 is 1.82 bits per heavy atom. The highest BCUT2D eigenvalue weighted by Crippen LogP contribution is 2.13. The first kappa shape index (κ1) is 16.1. The number of hydrogen-bond donors (Lipinski definition) is 2. The van der Waals surface area contributed by atoms with Gasteiger partial charge in [-0.1, -0.05) is 6.07 Å². The molecule has 22 heavy (non-hydrogen) atoms. The summed E-state index contributed by atoms with van der Waals surface area (Å²) in [6.45, 7) is 9.76. The van der Waals surface area contributed by atoms with Crippen LogP contribution in [0, 0.1) is 27.7 Å². The number of anilines is 1. The number of guanidine groups is 1. The van der Waals surface area contributed by atoms with Gasteiger partial charge in [-0.25, -0.2) is 0 Å². The molecule has 1 aromatic heterocycles. The summed E-state index contributed by atoms with van der Waals surface area (Å²) >= 11 is 0. The smallest absolute Gasteiger partial charge is 0.193 e. The highest BCUT2D eigenvalue weighted by molar-refractivity contribution is 5.92. The van der Waals surface area contributed by atoms with E-state index < -0.39 is 0 Å². The quantitative estimate of drug-likeness (QED) is 0.507.